The van der Waals surface area contributed by atoms with Crippen molar-refractivity contribution < 1.29 is 24.2 Å². The van der Waals surface area contributed by atoms with Gasteiger partial charge in [0.25, 0.3) is 11.8 Å². The lowest BCUT2D eigenvalue weighted by molar-refractivity contribution is -0.146. The topological polar surface area (TPSA) is 83.9 Å². The lowest BCUT2D eigenvalue weighted by atomic mass is 10.0. The molecule has 6 nitrogen and oxygen atoms in total. The number of aryl methyl sites for hydroxylation is 1. The number of carboxylic acid groups (broad SMARTS) is 1. The monoisotopic (exact) mass is 275 g/mol. The Morgan fingerprint density at radius 1 is 1.25 bits per heavy atom. The average molecular weight is 275 g/mol. The molecule has 1 aromatic rings. The number of hydrogen-bond acceptors (Lipinski definition) is 4. The van der Waals surface area contributed by atoms with Crippen LogP contribution in [-0.4, -0.2) is 35.1 Å². The molecule has 104 valence electrons. The Labute approximate surface area is 114 Å². The molecule has 6 heteroatoms. The minimum absolute atomic E-state index is 0.0181. The van der Waals surface area contributed by atoms with Crippen LogP contribution in [0.5, 0.6) is 0 Å². The molecule has 2 aliphatic rings. The molecule has 1 aromatic carbocycles. The van der Waals surface area contributed by atoms with E-state index in [9.17, 15) is 19.5 Å². The Balaban J connectivity index is 2.13. The van der Waals surface area contributed by atoms with Gasteiger partial charge in [0.2, 0.25) is 0 Å². The van der Waals surface area contributed by atoms with Crippen LogP contribution in [0.3, 0.4) is 0 Å². The van der Waals surface area contributed by atoms with Gasteiger partial charge in [-0.3, -0.25) is 9.59 Å². The fraction of sp³-hybridized carbons (Fsp3) is 0.357. The van der Waals surface area contributed by atoms with E-state index >= 15 is 0 Å². The molecule has 2 heterocycles. The number of rotatable bonds is 2. The molecule has 2 unspecified atom stereocenters. The van der Waals surface area contributed by atoms with Crippen LogP contribution in [0.4, 0.5) is 5.69 Å². The van der Waals surface area contributed by atoms with E-state index < -0.39 is 30.0 Å². The number of benzene rings is 1. The van der Waals surface area contributed by atoms with Gasteiger partial charge < -0.3 is 9.84 Å². The summed E-state index contributed by atoms with van der Waals surface area (Å²) >= 11 is 0. The second kappa shape index (κ2) is 4.42. The molecule has 2 saturated heterocycles. The van der Waals surface area contributed by atoms with Gasteiger partial charge in [0.15, 0.2) is 0 Å². The highest BCUT2D eigenvalue weighted by atomic mass is 16.5. The number of ether oxygens (including phenoxy) is 1. The third kappa shape index (κ3) is 1.72. The Morgan fingerprint density at radius 2 is 1.85 bits per heavy atom. The summed E-state index contributed by atoms with van der Waals surface area (Å²) in [5, 5.41) is 9.32. The van der Waals surface area contributed by atoms with Gasteiger partial charge in [0, 0.05) is 0 Å². The van der Waals surface area contributed by atoms with Crippen molar-refractivity contribution in [2.24, 2.45) is 0 Å². The van der Waals surface area contributed by atoms with E-state index in [4.69, 9.17) is 4.74 Å². The molecule has 0 aromatic heterocycles. The number of imide groups is 1. The molecule has 2 aliphatic heterocycles. The highest BCUT2D eigenvalue weighted by Crippen LogP contribution is 2.34. The molecular formula is C14H13NO5. The third-order valence-electron chi connectivity index (χ3n) is 3.72. The van der Waals surface area contributed by atoms with Crippen molar-refractivity contribution >= 4 is 23.5 Å². The summed E-state index contributed by atoms with van der Waals surface area (Å²) < 4.78 is 5.32. The zero-order valence-corrected chi connectivity index (χ0v) is 10.8. The second-order valence-corrected chi connectivity index (χ2v) is 4.98. The summed E-state index contributed by atoms with van der Waals surface area (Å²) in [5.41, 5.74) is 0.623. The molecular weight excluding hydrogens is 262 g/mol. The van der Waals surface area contributed by atoms with Crippen molar-refractivity contribution in [1.82, 2.24) is 0 Å². The van der Waals surface area contributed by atoms with Crippen LogP contribution >= 0.6 is 0 Å². The molecule has 2 fully saturated rings. The zero-order chi connectivity index (χ0) is 14.4. The number of fused-ring (bicyclic) bond motifs is 2. The maximum atomic E-state index is 12.3. The number of morpholine rings is 1. The highest BCUT2D eigenvalue weighted by molar-refractivity contribution is 6.22. The van der Waals surface area contributed by atoms with Gasteiger partial charge in [-0.05, 0) is 31.4 Å². The maximum absolute atomic E-state index is 12.3. The maximum Gasteiger partial charge on any atom is 0.338 e. The number of carbonyl (C=O) groups excluding carboxylic acids is 2. The lowest BCUT2D eigenvalue weighted by Crippen LogP contribution is -2.52. The van der Waals surface area contributed by atoms with Gasteiger partial charge in [0.1, 0.15) is 12.2 Å². The van der Waals surface area contributed by atoms with Crippen LogP contribution in [0.15, 0.2) is 18.2 Å². The summed E-state index contributed by atoms with van der Waals surface area (Å²) in [6.07, 6.45) is -0.278. The smallest absolute Gasteiger partial charge is 0.338 e. The standard InChI is InChI=1S/C14H13NO5/c1-7-3-2-4-8(11(7)14(18)19)15-12(16)9-5-6-10(20-9)13(15)17/h2-4,9-10H,5-6H2,1H3,(H,18,19). The van der Waals surface area contributed by atoms with E-state index in [0.717, 1.165) is 4.90 Å². The van der Waals surface area contributed by atoms with E-state index in [1.807, 2.05) is 0 Å². The number of aromatic carboxylic acids is 1. The first-order chi connectivity index (χ1) is 9.50. The Kier molecular flexibility index (Phi) is 2.83. The molecule has 2 amide bonds. The van der Waals surface area contributed by atoms with Gasteiger partial charge in [0.05, 0.1) is 11.3 Å². The van der Waals surface area contributed by atoms with E-state index in [2.05, 4.69) is 0 Å². The van der Waals surface area contributed by atoms with E-state index in [-0.39, 0.29) is 11.3 Å². The number of anilines is 1. The van der Waals surface area contributed by atoms with Crippen LogP contribution in [0.1, 0.15) is 28.8 Å². The van der Waals surface area contributed by atoms with Crippen molar-refractivity contribution in [1.29, 1.82) is 0 Å². The average Bonchev–Trinajstić information content (AvgIpc) is 2.83. The summed E-state index contributed by atoms with van der Waals surface area (Å²) in [6.45, 7) is 1.64. The Hall–Kier alpha value is -2.21. The summed E-state index contributed by atoms with van der Waals surface area (Å²) in [6, 6.07) is 4.75. The largest absolute Gasteiger partial charge is 0.478 e. The fourth-order valence-electron chi connectivity index (χ4n) is 2.75. The predicted octanol–water partition coefficient (Wildman–Crippen LogP) is 1.11. The van der Waals surface area contributed by atoms with Crippen LogP contribution in [0, 0.1) is 6.92 Å². The Bertz CT molecular complexity index is 602. The van der Waals surface area contributed by atoms with Crippen molar-refractivity contribution in [3.63, 3.8) is 0 Å². The number of hydrogen-bond donors (Lipinski definition) is 1. The van der Waals surface area contributed by atoms with Crippen molar-refractivity contribution in [3.05, 3.63) is 29.3 Å². The van der Waals surface area contributed by atoms with E-state index in [1.165, 1.54) is 6.07 Å². The summed E-state index contributed by atoms with van der Waals surface area (Å²) in [5.74, 6) is -2.11. The number of nitrogens with zero attached hydrogens (tertiary/aromatic N) is 1. The van der Waals surface area contributed by atoms with Crippen LogP contribution in [-0.2, 0) is 14.3 Å². The second-order valence-electron chi connectivity index (χ2n) is 4.98. The van der Waals surface area contributed by atoms with Gasteiger partial charge in [-0.15, -0.1) is 0 Å². The zero-order valence-electron chi connectivity index (χ0n) is 10.8. The molecule has 2 atom stereocenters. The number of carboxylic acids is 1. The van der Waals surface area contributed by atoms with Crippen LogP contribution in [0.2, 0.25) is 0 Å². The molecule has 20 heavy (non-hydrogen) atoms. The third-order valence-corrected chi connectivity index (χ3v) is 3.72. The van der Waals surface area contributed by atoms with Gasteiger partial charge >= 0.3 is 5.97 Å². The first-order valence-electron chi connectivity index (χ1n) is 6.37. The minimum atomic E-state index is -1.16. The van der Waals surface area contributed by atoms with Gasteiger partial charge in [-0.1, -0.05) is 12.1 Å². The number of carbonyl (C=O) groups is 3. The molecule has 0 spiro atoms. The van der Waals surface area contributed by atoms with Crippen LogP contribution < -0.4 is 4.90 Å². The van der Waals surface area contributed by atoms with Gasteiger partial charge in [-0.2, -0.15) is 0 Å². The molecule has 1 N–H and O–H groups in total. The first-order valence-corrected chi connectivity index (χ1v) is 6.37. The molecule has 0 radical (unpaired) electrons. The Morgan fingerprint density at radius 3 is 2.40 bits per heavy atom. The molecule has 0 aliphatic carbocycles. The molecule has 0 saturated carbocycles. The van der Waals surface area contributed by atoms with Crippen molar-refractivity contribution in [2.75, 3.05) is 4.90 Å². The normalized spacial score (nSPS) is 25.1. The van der Waals surface area contributed by atoms with Crippen molar-refractivity contribution in [2.45, 2.75) is 32.0 Å². The first kappa shape index (κ1) is 12.8. The van der Waals surface area contributed by atoms with Gasteiger partial charge in [-0.25, -0.2) is 9.69 Å². The quantitative estimate of drug-likeness (QED) is 0.817. The SMILES string of the molecule is Cc1cccc(N2C(=O)C3CCC(O3)C2=O)c1C(=O)O. The van der Waals surface area contributed by atoms with E-state index in [0.29, 0.717) is 18.4 Å². The van der Waals surface area contributed by atoms with Crippen LogP contribution in [0.25, 0.3) is 0 Å². The highest BCUT2D eigenvalue weighted by Gasteiger charge is 2.47. The molecule has 3 rings (SSSR count). The predicted molar refractivity (Wildman–Crippen MR) is 68.5 cm³/mol. The minimum Gasteiger partial charge on any atom is -0.478 e. The van der Waals surface area contributed by atoms with Crippen molar-refractivity contribution in [3.8, 4) is 0 Å². The summed E-state index contributed by atoms with van der Waals surface area (Å²) in [4.78, 5) is 36.9. The fourth-order valence-corrected chi connectivity index (χ4v) is 2.75. The number of amides is 2. The van der Waals surface area contributed by atoms with E-state index in [1.54, 1.807) is 19.1 Å². The molecule has 2 bridgehead atoms. The summed E-state index contributed by atoms with van der Waals surface area (Å²) in [7, 11) is 0. The lowest BCUT2D eigenvalue weighted by Gasteiger charge is -2.30.